The third kappa shape index (κ3) is 6.44. The van der Waals surface area contributed by atoms with Crippen molar-refractivity contribution in [3.05, 3.63) is 91.4 Å². The van der Waals surface area contributed by atoms with Crippen LogP contribution in [0.1, 0.15) is 16.7 Å². The average molecular weight is 485 g/mol. The molecular formula is C23H21Cl4NO2. The first-order valence-electron chi connectivity index (χ1n) is 9.34. The molecule has 30 heavy (non-hydrogen) atoms. The third-order valence-corrected chi connectivity index (χ3v) is 5.63. The molecule has 0 aromatic heterocycles. The maximum Gasteiger partial charge on any atom is 0.180 e. The van der Waals surface area contributed by atoms with E-state index in [4.69, 9.17) is 55.9 Å². The van der Waals surface area contributed by atoms with Gasteiger partial charge < -0.3 is 14.8 Å². The summed E-state index contributed by atoms with van der Waals surface area (Å²) < 4.78 is 11.4. The molecule has 0 fully saturated rings. The van der Waals surface area contributed by atoms with Crippen LogP contribution in [0.25, 0.3) is 0 Å². The van der Waals surface area contributed by atoms with Gasteiger partial charge in [0.25, 0.3) is 0 Å². The summed E-state index contributed by atoms with van der Waals surface area (Å²) in [5.74, 6) is 1.05. The lowest BCUT2D eigenvalue weighted by molar-refractivity contribution is 0.284. The Kier molecular flexibility index (Phi) is 8.55. The van der Waals surface area contributed by atoms with Crippen molar-refractivity contribution < 1.29 is 9.47 Å². The zero-order chi connectivity index (χ0) is 21.5. The molecule has 0 aliphatic heterocycles. The summed E-state index contributed by atoms with van der Waals surface area (Å²) in [4.78, 5) is 0. The molecule has 0 saturated carbocycles. The summed E-state index contributed by atoms with van der Waals surface area (Å²) in [5, 5.41) is 5.76. The zero-order valence-electron chi connectivity index (χ0n) is 16.4. The Bertz CT molecular complexity index is 993. The predicted octanol–water partition coefficient (Wildman–Crippen LogP) is 7.22. The fourth-order valence-corrected chi connectivity index (χ4v) is 3.80. The van der Waals surface area contributed by atoms with Crippen molar-refractivity contribution in [1.29, 1.82) is 0 Å². The van der Waals surface area contributed by atoms with Crippen LogP contribution in [-0.4, -0.2) is 13.7 Å². The summed E-state index contributed by atoms with van der Waals surface area (Å²) in [6.07, 6.45) is 0.908. The highest BCUT2D eigenvalue weighted by Gasteiger charge is 2.13. The molecule has 7 heteroatoms. The van der Waals surface area contributed by atoms with Crippen molar-refractivity contribution in [3.63, 3.8) is 0 Å². The molecule has 3 aromatic carbocycles. The number of methoxy groups -OCH3 is 1. The standard InChI is InChI=1S/C23H21Cl4NO2/c1-29-22-11-16(13-28-9-8-15-2-5-18(24)6-3-15)10-21(27)23(22)30-14-17-4-7-19(25)12-20(17)26/h2-7,10-12,28H,8-9,13-14H2,1H3. The van der Waals surface area contributed by atoms with Crippen LogP contribution in [0.4, 0.5) is 0 Å². The molecular weight excluding hydrogens is 464 g/mol. The van der Waals surface area contributed by atoms with E-state index in [0.717, 1.165) is 29.1 Å². The van der Waals surface area contributed by atoms with Gasteiger partial charge in [0.2, 0.25) is 0 Å². The molecule has 1 N–H and O–H groups in total. The Labute approximate surface area is 196 Å². The van der Waals surface area contributed by atoms with Gasteiger partial charge in [0.05, 0.1) is 12.1 Å². The number of benzene rings is 3. The number of hydrogen-bond acceptors (Lipinski definition) is 3. The van der Waals surface area contributed by atoms with Gasteiger partial charge in [0, 0.05) is 27.2 Å². The van der Waals surface area contributed by atoms with Crippen molar-refractivity contribution in [2.24, 2.45) is 0 Å². The van der Waals surface area contributed by atoms with Crippen molar-refractivity contribution in [1.82, 2.24) is 5.32 Å². The minimum absolute atomic E-state index is 0.255. The normalized spacial score (nSPS) is 10.8. The molecule has 0 radical (unpaired) electrons. The molecule has 3 rings (SSSR count). The van der Waals surface area contributed by atoms with E-state index in [1.165, 1.54) is 5.56 Å². The van der Waals surface area contributed by atoms with Crippen LogP contribution in [0.15, 0.2) is 54.6 Å². The molecule has 3 nitrogen and oxygen atoms in total. The molecule has 0 atom stereocenters. The van der Waals surface area contributed by atoms with E-state index >= 15 is 0 Å². The van der Waals surface area contributed by atoms with Crippen LogP contribution in [0, 0.1) is 0 Å². The molecule has 3 aromatic rings. The molecule has 0 unspecified atom stereocenters. The van der Waals surface area contributed by atoms with Crippen LogP contribution in [0.3, 0.4) is 0 Å². The van der Waals surface area contributed by atoms with Crippen molar-refractivity contribution in [3.8, 4) is 11.5 Å². The van der Waals surface area contributed by atoms with Gasteiger partial charge in [-0.1, -0.05) is 64.6 Å². The van der Waals surface area contributed by atoms with Gasteiger partial charge in [-0.15, -0.1) is 0 Å². The van der Waals surface area contributed by atoms with Gasteiger partial charge in [0.15, 0.2) is 11.5 Å². The topological polar surface area (TPSA) is 30.5 Å². The van der Waals surface area contributed by atoms with E-state index < -0.39 is 0 Å². The highest BCUT2D eigenvalue weighted by atomic mass is 35.5. The number of hydrogen-bond donors (Lipinski definition) is 1. The van der Waals surface area contributed by atoms with Crippen LogP contribution in [0.5, 0.6) is 11.5 Å². The van der Waals surface area contributed by atoms with Crippen LogP contribution >= 0.6 is 46.4 Å². The van der Waals surface area contributed by atoms with E-state index in [1.54, 1.807) is 19.2 Å². The number of ether oxygens (including phenoxy) is 2. The van der Waals surface area contributed by atoms with Gasteiger partial charge in [-0.3, -0.25) is 0 Å². The second kappa shape index (κ2) is 11.1. The lowest BCUT2D eigenvalue weighted by Gasteiger charge is -2.15. The fourth-order valence-electron chi connectivity index (χ4n) is 2.92. The van der Waals surface area contributed by atoms with Gasteiger partial charge in [-0.05, 0) is 60.5 Å². The van der Waals surface area contributed by atoms with E-state index in [-0.39, 0.29) is 6.61 Å². The summed E-state index contributed by atoms with van der Waals surface area (Å²) in [7, 11) is 1.59. The third-order valence-electron chi connectivity index (χ3n) is 4.51. The molecule has 158 valence electrons. The molecule has 0 saturated heterocycles. The second-order valence-corrected chi connectivity index (χ2v) is 8.37. The first-order chi connectivity index (χ1) is 14.5. The van der Waals surface area contributed by atoms with Gasteiger partial charge in [-0.25, -0.2) is 0 Å². The Morgan fingerprint density at radius 2 is 1.53 bits per heavy atom. The lowest BCUT2D eigenvalue weighted by atomic mass is 10.1. The first kappa shape index (κ1) is 23.1. The molecule has 0 aliphatic rings. The average Bonchev–Trinajstić information content (AvgIpc) is 2.72. The Hall–Kier alpha value is -1.62. The van der Waals surface area contributed by atoms with Crippen LogP contribution in [0.2, 0.25) is 20.1 Å². The SMILES string of the molecule is COc1cc(CNCCc2ccc(Cl)cc2)cc(Cl)c1OCc1ccc(Cl)cc1Cl. The second-order valence-electron chi connectivity index (χ2n) is 6.69. The zero-order valence-corrected chi connectivity index (χ0v) is 19.4. The molecule has 0 amide bonds. The largest absolute Gasteiger partial charge is 0.493 e. The maximum atomic E-state index is 6.47. The predicted molar refractivity (Wildman–Crippen MR) is 126 cm³/mol. The quantitative estimate of drug-likeness (QED) is 0.325. The van der Waals surface area contributed by atoms with Gasteiger partial charge in [0.1, 0.15) is 6.61 Å². The number of nitrogens with one attached hydrogen (secondary N) is 1. The minimum Gasteiger partial charge on any atom is -0.493 e. The summed E-state index contributed by atoms with van der Waals surface area (Å²) in [5.41, 5.74) is 3.05. The van der Waals surface area contributed by atoms with Crippen molar-refractivity contribution in [2.75, 3.05) is 13.7 Å². The van der Waals surface area contributed by atoms with E-state index in [1.807, 2.05) is 42.5 Å². The Morgan fingerprint density at radius 3 is 2.23 bits per heavy atom. The summed E-state index contributed by atoms with van der Waals surface area (Å²) in [6.45, 7) is 1.74. The molecule has 0 spiro atoms. The smallest absolute Gasteiger partial charge is 0.180 e. The summed E-state index contributed by atoms with van der Waals surface area (Å²) >= 11 is 24.5. The number of rotatable bonds is 9. The van der Waals surface area contributed by atoms with E-state index in [2.05, 4.69) is 5.32 Å². The van der Waals surface area contributed by atoms with Crippen molar-refractivity contribution >= 4 is 46.4 Å². The molecule has 0 heterocycles. The van der Waals surface area contributed by atoms with Gasteiger partial charge >= 0.3 is 0 Å². The Morgan fingerprint density at radius 1 is 0.800 bits per heavy atom. The van der Waals surface area contributed by atoms with Crippen molar-refractivity contribution in [2.45, 2.75) is 19.6 Å². The Balaban J connectivity index is 1.59. The first-order valence-corrected chi connectivity index (χ1v) is 10.9. The lowest BCUT2D eigenvalue weighted by Crippen LogP contribution is -2.16. The van der Waals surface area contributed by atoms with Gasteiger partial charge in [-0.2, -0.15) is 0 Å². The van der Waals surface area contributed by atoms with Crippen LogP contribution in [-0.2, 0) is 19.6 Å². The highest BCUT2D eigenvalue weighted by molar-refractivity contribution is 6.35. The molecule has 0 bridgehead atoms. The van der Waals surface area contributed by atoms with E-state index in [0.29, 0.717) is 33.1 Å². The summed E-state index contributed by atoms with van der Waals surface area (Å²) in [6, 6.07) is 16.9. The van der Waals surface area contributed by atoms with Crippen LogP contribution < -0.4 is 14.8 Å². The minimum atomic E-state index is 0.255. The monoisotopic (exact) mass is 483 g/mol. The highest BCUT2D eigenvalue weighted by Crippen LogP contribution is 2.37. The van der Waals surface area contributed by atoms with E-state index in [9.17, 15) is 0 Å². The molecule has 0 aliphatic carbocycles. The number of halogens is 4. The maximum absolute atomic E-state index is 6.47. The fraction of sp³-hybridized carbons (Fsp3) is 0.217.